The SMILES string of the molecule is Cc1ccc(CCOC(=O)C2(C)CCOCC2)cc1. The van der Waals surface area contributed by atoms with Crippen LogP contribution in [0, 0.1) is 12.3 Å². The van der Waals surface area contributed by atoms with E-state index in [-0.39, 0.29) is 11.4 Å². The molecule has 19 heavy (non-hydrogen) atoms. The number of hydrogen-bond donors (Lipinski definition) is 0. The second kappa shape index (κ2) is 6.20. The molecule has 0 aromatic heterocycles. The molecule has 0 atom stereocenters. The molecule has 1 fully saturated rings. The molecule has 0 saturated carbocycles. The Morgan fingerprint density at radius 2 is 1.89 bits per heavy atom. The maximum absolute atomic E-state index is 12.1. The summed E-state index contributed by atoms with van der Waals surface area (Å²) in [6.45, 7) is 5.81. The quantitative estimate of drug-likeness (QED) is 0.783. The van der Waals surface area contributed by atoms with Gasteiger partial charge < -0.3 is 9.47 Å². The van der Waals surface area contributed by atoms with Crippen molar-refractivity contribution < 1.29 is 14.3 Å². The van der Waals surface area contributed by atoms with Gasteiger partial charge in [0.05, 0.1) is 12.0 Å². The lowest BCUT2D eigenvalue weighted by Gasteiger charge is -2.30. The van der Waals surface area contributed by atoms with Crippen LogP contribution in [0.15, 0.2) is 24.3 Å². The Labute approximate surface area is 114 Å². The van der Waals surface area contributed by atoms with Crippen LogP contribution in [0.25, 0.3) is 0 Å². The molecule has 1 heterocycles. The minimum atomic E-state index is -0.356. The summed E-state index contributed by atoms with van der Waals surface area (Å²) in [7, 11) is 0. The molecule has 1 saturated heterocycles. The van der Waals surface area contributed by atoms with Gasteiger partial charge in [-0.15, -0.1) is 0 Å². The summed E-state index contributed by atoms with van der Waals surface area (Å²) in [5, 5.41) is 0. The number of benzene rings is 1. The number of ether oxygens (including phenoxy) is 2. The molecule has 104 valence electrons. The van der Waals surface area contributed by atoms with E-state index in [2.05, 4.69) is 31.2 Å². The minimum Gasteiger partial charge on any atom is -0.465 e. The third-order valence-corrected chi connectivity index (χ3v) is 3.83. The molecular weight excluding hydrogens is 240 g/mol. The number of rotatable bonds is 4. The van der Waals surface area contributed by atoms with Crippen molar-refractivity contribution in [3.63, 3.8) is 0 Å². The molecule has 0 amide bonds. The molecule has 0 radical (unpaired) electrons. The van der Waals surface area contributed by atoms with Gasteiger partial charge in [0.25, 0.3) is 0 Å². The molecule has 1 aromatic rings. The third kappa shape index (κ3) is 3.80. The highest BCUT2D eigenvalue weighted by Gasteiger charge is 2.36. The fourth-order valence-electron chi connectivity index (χ4n) is 2.22. The Balaban J connectivity index is 1.78. The summed E-state index contributed by atoms with van der Waals surface area (Å²) in [4.78, 5) is 12.1. The molecule has 2 rings (SSSR count). The van der Waals surface area contributed by atoms with E-state index in [1.165, 1.54) is 11.1 Å². The van der Waals surface area contributed by atoms with Crippen molar-refractivity contribution in [1.29, 1.82) is 0 Å². The second-order valence-electron chi connectivity index (χ2n) is 5.54. The summed E-state index contributed by atoms with van der Waals surface area (Å²) in [5.74, 6) is -0.0806. The first kappa shape index (κ1) is 14.1. The van der Waals surface area contributed by atoms with Crippen LogP contribution in [-0.4, -0.2) is 25.8 Å². The molecule has 1 aromatic carbocycles. The Kier molecular flexibility index (Phi) is 4.59. The summed E-state index contributed by atoms with van der Waals surface area (Å²) >= 11 is 0. The second-order valence-corrected chi connectivity index (χ2v) is 5.54. The molecule has 0 aliphatic carbocycles. The predicted octanol–water partition coefficient (Wildman–Crippen LogP) is 2.90. The number of carbonyl (C=O) groups is 1. The van der Waals surface area contributed by atoms with Gasteiger partial charge in [0.1, 0.15) is 0 Å². The van der Waals surface area contributed by atoms with Gasteiger partial charge in [-0.3, -0.25) is 4.79 Å². The summed E-state index contributed by atoms with van der Waals surface area (Å²) in [6, 6.07) is 8.33. The van der Waals surface area contributed by atoms with E-state index in [1.54, 1.807) is 0 Å². The highest BCUT2D eigenvalue weighted by Crippen LogP contribution is 2.31. The van der Waals surface area contributed by atoms with Crippen molar-refractivity contribution >= 4 is 5.97 Å². The van der Waals surface area contributed by atoms with Gasteiger partial charge >= 0.3 is 5.97 Å². The van der Waals surface area contributed by atoms with Crippen LogP contribution in [0.4, 0.5) is 0 Å². The lowest BCUT2D eigenvalue weighted by molar-refractivity contribution is -0.160. The molecule has 1 aliphatic heterocycles. The van der Waals surface area contributed by atoms with Crippen LogP contribution in [0.3, 0.4) is 0 Å². The number of aryl methyl sites for hydroxylation is 1. The van der Waals surface area contributed by atoms with Crippen molar-refractivity contribution in [2.24, 2.45) is 5.41 Å². The van der Waals surface area contributed by atoms with Crippen molar-refractivity contribution in [2.45, 2.75) is 33.1 Å². The first-order valence-electron chi connectivity index (χ1n) is 6.91. The van der Waals surface area contributed by atoms with Crippen molar-refractivity contribution in [3.8, 4) is 0 Å². The van der Waals surface area contributed by atoms with Gasteiger partial charge in [-0.05, 0) is 32.3 Å². The maximum Gasteiger partial charge on any atom is 0.311 e. The Morgan fingerprint density at radius 3 is 2.53 bits per heavy atom. The van der Waals surface area contributed by atoms with E-state index in [9.17, 15) is 4.79 Å². The molecule has 0 unspecified atom stereocenters. The van der Waals surface area contributed by atoms with Crippen molar-refractivity contribution in [1.82, 2.24) is 0 Å². The zero-order valence-electron chi connectivity index (χ0n) is 11.8. The van der Waals surface area contributed by atoms with Crippen LogP contribution in [0.1, 0.15) is 30.9 Å². The molecule has 0 spiro atoms. The fraction of sp³-hybridized carbons (Fsp3) is 0.562. The van der Waals surface area contributed by atoms with Crippen LogP contribution < -0.4 is 0 Å². The lowest BCUT2D eigenvalue weighted by Crippen LogP contribution is -2.36. The average molecular weight is 262 g/mol. The van der Waals surface area contributed by atoms with Crippen LogP contribution in [0.5, 0.6) is 0 Å². The molecule has 0 bridgehead atoms. The molecule has 3 heteroatoms. The number of esters is 1. The van der Waals surface area contributed by atoms with E-state index in [0.717, 1.165) is 19.3 Å². The summed E-state index contributed by atoms with van der Waals surface area (Å²) in [6.07, 6.45) is 2.30. The monoisotopic (exact) mass is 262 g/mol. The standard InChI is InChI=1S/C16H22O3/c1-13-3-5-14(6-4-13)7-10-19-15(17)16(2)8-11-18-12-9-16/h3-6H,7-12H2,1-2H3. The van der Waals surface area contributed by atoms with Gasteiger partial charge in [0, 0.05) is 19.6 Å². The number of hydrogen-bond acceptors (Lipinski definition) is 3. The van der Waals surface area contributed by atoms with Crippen LogP contribution >= 0.6 is 0 Å². The van der Waals surface area contributed by atoms with Gasteiger partial charge in [-0.2, -0.15) is 0 Å². The van der Waals surface area contributed by atoms with Gasteiger partial charge in [-0.25, -0.2) is 0 Å². The van der Waals surface area contributed by atoms with Gasteiger partial charge in [-0.1, -0.05) is 29.8 Å². The van der Waals surface area contributed by atoms with E-state index >= 15 is 0 Å². The largest absolute Gasteiger partial charge is 0.465 e. The summed E-state index contributed by atoms with van der Waals surface area (Å²) in [5.41, 5.74) is 2.09. The van der Waals surface area contributed by atoms with E-state index in [0.29, 0.717) is 19.8 Å². The predicted molar refractivity (Wildman–Crippen MR) is 74.0 cm³/mol. The molecule has 1 aliphatic rings. The minimum absolute atomic E-state index is 0.0806. The normalized spacial score (nSPS) is 18.0. The van der Waals surface area contributed by atoms with Crippen molar-refractivity contribution in [2.75, 3.05) is 19.8 Å². The highest BCUT2D eigenvalue weighted by molar-refractivity contribution is 5.76. The first-order chi connectivity index (χ1) is 9.10. The van der Waals surface area contributed by atoms with E-state index in [1.807, 2.05) is 6.92 Å². The first-order valence-corrected chi connectivity index (χ1v) is 6.91. The van der Waals surface area contributed by atoms with Crippen molar-refractivity contribution in [3.05, 3.63) is 35.4 Å². The zero-order valence-corrected chi connectivity index (χ0v) is 11.8. The molecule has 3 nitrogen and oxygen atoms in total. The van der Waals surface area contributed by atoms with E-state index < -0.39 is 0 Å². The maximum atomic E-state index is 12.1. The number of carbonyl (C=O) groups excluding carboxylic acids is 1. The topological polar surface area (TPSA) is 35.5 Å². The third-order valence-electron chi connectivity index (χ3n) is 3.83. The smallest absolute Gasteiger partial charge is 0.311 e. The van der Waals surface area contributed by atoms with E-state index in [4.69, 9.17) is 9.47 Å². The van der Waals surface area contributed by atoms with Gasteiger partial charge in [0.2, 0.25) is 0 Å². The molecule has 0 N–H and O–H groups in total. The summed E-state index contributed by atoms with van der Waals surface area (Å²) < 4.78 is 10.7. The molecular formula is C16H22O3. The van der Waals surface area contributed by atoms with Gasteiger partial charge in [0.15, 0.2) is 0 Å². The Hall–Kier alpha value is -1.35. The van der Waals surface area contributed by atoms with Crippen LogP contribution in [-0.2, 0) is 20.7 Å². The zero-order chi connectivity index (χ0) is 13.7. The average Bonchev–Trinajstić information content (AvgIpc) is 2.42. The fourth-order valence-corrected chi connectivity index (χ4v) is 2.22. The highest BCUT2D eigenvalue weighted by atomic mass is 16.5. The Bertz CT molecular complexity index is 416. The van der Waals surface area contributed by atoms with Crippen LogP contribution in [0.2, 0.25) is 0 Å². The Morgan fingerprint density at radius 1 is 1.26 bits per heavy atom. The lowest BCUT2D eigenvalue weighted by atomic mass is 9.82.